The van der Waals surface area contributed by atoms with Crippen molar-refractivity contribution in [2.45, 2.75) is 38.1 Å². The Morgan fingerprint density at radius 3 is 2.67 bits per heavy atom. The first kappa shape index (κ1) is 10.2. The fourth-order valence-corrected chi connectivity index (χ4v) is 1.69. The summed E-state index contributed by atoms with van der Waals surface area (Å²) in [5.74, 6) is 0.499. The summed E-state index contributed by atoms with van der Waals surface area (Å²) in [5.41, 5.74) is 1.24. The van der Waals surface area contributed by atoms with Crippen LogP contribution < -0.4 is 5.32 Å². The van der Waals surface area contributed by atoms with Gasteiger partial charge in [0.2, 0.25) is 5.91 Å². The Morgan fingerprint density at radius 1 is 1.40 bits per heavy atom. The number of rotatable bonds is 4. The number of carbonyl (C=O) groups excluding carboxylic acids is 1. The minimum atomic E-state index is 0.189. The zero-order chi connectivity index (χ0) is 10.7. The SMILES string of the molecule is CC(CC(=O)NC1CC1)c1ccccc1. The fraction of sp³-hybridized carbons (Fsp3) is 0.462. The van der Waals surface area contributed by atoms with Gasteiger partial charge in [0.05, 0.1) is 0 Å². The highest BCUT2D eigenvalue weighted by atomic mass is 16.1. The number of carbonyl (C=O) groups is 1. The van der Waals surface area contributed by atoms with Crippen molar-refractivity contribution >= 4 is 5.91 Å². The van der Waals surface area contributed by atoms with Crippen LogP contribution in [0.1, 0.15) is 37.7 Å². The lowest BCUT2D eigenvalue weighted by Gasteiger charge is -2.11. The van der Waals surface area contributed by atoms with E-state index in [0.717, 1.165) is 12.8 Å². The molecular weight excluding hydrogens is 186 g/mol. The van der Waals surface area contributed by atoms with E-state index < -0.39 is 0 Å². The smallest absolute Gasteiger partial charge is 0.220 e. The second-order valence-electron chi connectivity index (χ2n) is 4.36. The summed E-state index contributed by atoms with van der Waals surface area (Å²) < 4.78 is 0. The van der Waals surface area contributed by atoms with Crippen molar-refractivity contribution in [3.05, 3.63) is 35.9 Å². The van der Waals surface area contributed by atoms with Gasteiger partial charge in [-0.15, -0.1) is 0 Å². The van der Waals surface area contributed by atoms with E-state index >= 15 is 0 Å². The average molecular weight is 203 g/mol. The van der Waals surface area contributed by atoms with Crippen LogP contribution in [0.5, 0.6) is 0 Å². The van der Waals surface area contributed by atoms with Gasteiger partial charge in [0.15, 0.2) is 0 Å². The van der Waals surface area contributed by atoms with Gasteiger partial charge in [0, 0.05) is 12.5 Å². The summed E-state index contributed by atoms with van der Waals surface area (Å²) in [6.45, 7) is 2.10. The minimum absolute atomic E-state index is 0.189. The van der Waals surface area contributed by atoms with Gasteiger partial charge in [0.25, 0.3) is 0 Å². The predicted octanol–water partition coefficient (Wildman–Crippen LogP) is 2.46. The maximum atomic E-state index is 11.6. The van der Waals surface area contributed by atoms with E-state index in [4.69, 9.17) is 0 Å². The van der Waals surface area contributed by atoms with Crippen molar-refractivity contribution in [1.82, 2.24) is 5.32 Å². The molecule has 1 saturated carbocycles. The van der Waals surface area contributed by atoms with Crippen LogP contribution in [-0.2, 0) is 4.79 Å². The van der Waals surface area contributed by atoms with Crippen molar-refractivity contribution in [2.75, 3.05) is 0 Å². The van der Waals surface area contributed by atoms with Crippen molar-refractivity contribution in [3.8, 4) is 0 Å². The lowest BCUT2D eigenvalue weighted by Crippen LogP contribution is -2.26. The molecule has 0 radical (unpaired) electrons. The lowest BCUT2D eigenvalue weighted by molar-refractivity contribution is -0.121. The number of nitrogens with one attached hydrogen (secondary N) is 1. The molecule has 80 valence electrons. The first-order valence-electron chi connectivity index (χ1n) is 5.60. The Hall–Kier alpha value is -1.31. The molecule has 1 fully saturated rings. The number of benzene rings is 1. The van der Waals surface area contributed by atoms with Crippen LogP contribution in [0.25, 0.3) is 0 Å². The molecule has 1 unspecified atom stereocenters. The molecule has 15 heavy (non-hydrogen) atoms. The molecular formula is C13H17NO. The zero-order valence-electron chi connectivity index (χ0n) is 9.07. The standard InChI is InChI=1S/C13H17NO/c1-10(11-5-3-2-4-6-11)9-13(15)14-12-7-8-12/h2-6,10,12H,7-9H2,1H3,(H,14,15). The third-order valence-electron chi connectivity index (χ3n) is 2.80. The Balaban J connectivity index is 1.85. The molecule has 2 heteroatoms. The monoisotopic (exact) mass is 203 g/mol. The molecule has 1 N–H and O–H groups in total. The molecule has 0 saturated heterocycles. The normalized spacial score (nSPS) is 17.1. The summed E-state index contributed by atoms with van der Waals surface area (Å²) in [4.78, 5) is 11.6. The van der Waals surface area contributed by atoms with E-state index in [1.165, 1.54) is 5.56 Å². The highest BCUT2D eigenvalue weighted by Gasteiger charge is 2.23. The van der Waals surface area contributed by atoms with Crippen molar-refractivity contribution < 1.29 is 4.79 Å². The highest BCUT2D eigenvalue weighted by molar-refractivity contribution is 5.77. The summed E-state index contributed by atoms with van der Waals surface area (Å²) >= 11 is 0. The van der Waals surface area contributed by atoms with Gasteiger partial charge in [-0.25, -0.2) is 0 Å². The third-order valence-corrected chi connectivity index (χ3v) is 2.80. The van der Waals surface area contributed by atoms with Gasteiger partial charge in [-0.2, -0.15) is 0 Å². The molecule has 0 aromatic heterocycles. The molecule has 0 heterocycles. The van der Waals surface area contributed by atoms with Gasteiger partial charge in [-0.3, -0.25) is 4.79 Å². The molecule has 2 nitrogen and oxygen atoms in total. The van der Waals surface area contributed by atoms with Gasteiger partial charge in [-0.05, 0) is 24.3 Å². The Morgan fingerprint density at radius 2 is 2.07 bits per heavy atom. The van der Waals surface area contributed by atoms with Crippen LogP contribution in [0.4, 0.5) is 0 Å². The quantitative estimate of drug-likeness (QED) is 0.800. The van der Waals surface area contributed by atoms with E-state index in [2.05, 4.69) is 24.4 Å². The summed E-state index contributed by atoms with van der Waals surface area (Å²) in [6.07, 6.45) is 2.91. The Labute approximate surface area is 90.7 Å². The van der Waals surface area contributed by atoms with Gasteiger partial charge in [-0.1, -0.05) is 37.3 Å². The number of amides is 1. The van der Waals surface area contributed by atoms with Crippen LogP contribution in [0.15, 0.2) is 30.3 Å². The zero-order valence-corrected chi connectivity index (χ0v) is 9.07. The highest BCUT2D eigenvalue weighted by Crippen LogP contribution is 2.21. The van der Waals surface area contributed by atoms with Crippen LogP contribution in [0, 0.1) is 0 Å². The van der Waals surface area contributed by atoms with Gasteiger partial charge >= 0.3 is 0 Å². The van der Waals surface area contributed by atoms with E-state index in [0.29, 0.717) is 18.4 Å². The average Bonchev–Trinajstić information content (AvgIpc) is 3.03. The predicted molar refractivity (Wildman–Crippen MR) is 60.6 cm³/mol. The van der Waals surface area contributed by atoms with Crippen LogP contribution in [0.3, 0.4) is 0 Å². The van der Waals surface area contributed by atoms with E-state index in [1.807, 2.05) is 18.2 Å². The molecule has 1 atom stereocenters. The van der Waals surface area contributed by atoms with Crippen LogP contribution in [0.2, 0.25) is 0 Å². The molecule has 1 aromatic carbocycles. The van der Waals surface area contributed by atoms with Crippen molar-refractivity contribution in [1.29, 1.82) is 0 Å². The minimum Gasteiger partial charge on any atom is -0.353 e. The summed E-state index contributed by atoms with van der Waals surface area (Å²) in [6, 6.07) is 10.7. The van der Waals surface area contributed by atoms with E-state index in [-0.39, 0.29) is 5.91 Å². The summed E-state index contributed by atoms with van der Waals surface area (Å²) in [7, 11) is 0. The second-order valence-corrected chi connectivity index (χ2v) is 4.36. The molecule has 0 aliphatic heterocycles. The Bertz CT molecular complexity index is 330. The maximum Gasteiger partial charge on any atom is 0.220 e. The van der Waals surface area contributed by atoms with E-state index in [9.17, 15) is 4.79 Å². The second kappa shape index (κ2) is 4.47. The third kappa shape index (κ3) is 3.08. The fourth-order valence-electron chi connectivity index (χ4n) is 1.69. The lowest BCUT2D eigenvalue weighted by atomic mass is 9.98. The molecule has 0 spiro atoms. The maximum absolute atomic E-state index is 11.6. The van der Waals surface area contributed by atoms with Gasteiger partial charge in [0.1, 0.15) is 0 Å². The molecule has 1 amide bonds. The molecule has 1 aliphatic carbocycles. The van der Waals surface area contributed by atoms with E-state index in [1.54, 1.807) is 0 Å². The largest absolute Gasteiger partial charge is 0.353 e. The first-order chi connectivity index (χ1) is 7.25. The topological polar surface area (TPSA) is 29.1 Å². The van der Waals surface area contributed by atoms with Crippen molar-refractivity contribution in [3.63, 3.8) is 0 Å². The summed E-state index contributed by atoms with van der Waals surface area (Å²) in [5, 5.41) is 3.02. The molecule has 0 bridgehead atoms. The van der Waals surface area contributed by atoms with Crippen LogP contribution >= 0.6 is 0 Å². The van der Waals surface area contributed by atoms with Gasteiger partial charge < -0.3 is 5.32 Å². The Kier molecular flexibility index (Phi) is 3.05. The molecule has 2 rings (SSSR count). The van der Waals surface area contributed by atoms with Crippen LogP contribution in [-0.4, -0.2) is 11.9 Å². The number of hydrogen-bond acceptors (Lipinski definition) is 1. The van der Waals surface area contributed by atoms with Crippen molar-refractivity contribution in [2.24, 2.45) is 0 Å². The molecule has 1 aromatic rings. The first-order valence-corrected chi connectivity index (χ1v) is 5.60. The number of hydrogen-bond donors (Lipinski definition) is 1. The molecule has 1 aliphatic rings.